The number of rotatable bonds is 11. The molecule has 164 valence electrons. The van der Waals surface area contributed by atoms with Crippen LogP contribution in [-0.2, 0) is 19.5 Å². The van der Waals surface area contributed by atoms with Gasteiger partial charge in [-0.3, -0.25) is 0 Å². The van der Waals surface area contributed by atoms with Crippen molar-refractivity contribution < 1.29 is 4.74 Å². The zero-order chi connectivity index (χ0) is 21.7. The number of methoxy groups -OCH3 is 1. The van der Waals surface area contributed by atoms with Crippen LogP contribution in [0.3, 0.4) is 0 Å². The minimum atomic E-state index is 0.575. The summed E-state index contributed by atoms with van der Waals surface area (Å²) >= 11 is 1.83. The predicted octanol–water partition coefficient (Wildman–Crippen LogP) is 3.38. The van der Waals surface area contributed by atoms with E-state index >= 15 is 0 Å². The van der Waals surface area contributed by atoms with Crippen molar-refractivity contribution in [1.29, 1.82) is 0 Å². The molecule has 0 aliphatic carbocycles. The third kappa shape index (κ3) is 7.64. The second-order valence-corrected chi connectivity index (χ2v) is 7.99. The topological polar surface area (TPSA) is 76.4 Å². The molecule has 0 spiro atoms. The van der Waals surface area contributed by atoms with E-state index in [0.717, 1.165) is 54.9 Å². The Kier molecular flexibility index (Phi) is 9.25. The van der Waals surface area contributed by atoms with E-state index in [4.69, 9.17) is 9.73 Å². The minimum Gasteiger partial charge on any atom is -0.497 e. The number of ether oxygens (including phenoxy) is 1. The molecule has 1 heterocycles. The average molecular weight is 439 g/mol. The molecule has 31 heavy (non-hydrogen) atoms. The highest BCUT2D eigenvalue weighted by Crippen LogP contribution is 2.16. The zero-order valence-corrected chi connectivity index (χ0v) is 18.9. The van der Waals surface area contributed by atoms with Gasteiger partial charge in [0, 0.05) is 36.7 Å². The lowest BCUT2D eigenvalue weighted by Crippen LogP contribution is -2.40. The molecule has 7 nitrogen and oxygen atoms in total. The van der Waals surface area contributed by atoms with Crippen LogP contribution >= 0.6 is 11.8 Å². The summed E-state index contributed by atoms with van der Waals surface area (Å²) in [6.45, 7) is 5.00. The third-order valence-electron chi connectivity index (χ3n) is 4.62. The van der Waals surface area contributed by atoms with Gasteiger partial charge in [0.1, 0.15) is 17.9 Å². The van der Waals surface area contributed by atoms with Gasteiger partial charge in [-0.2, -0.15) is 0 Å². The highest BCUT2D eigenvalue weighted by molar-refractivity contribution is 7.99. The van der Waals surface area contributed by atoms with Crippen LogP contribution in [0, 0.1) is 0 Å². The van der Waals surface area contributed by atoms with Crippen molar-refractivity contribution >= 4 is 17.7 Å². The Balaban J connectivity index is 1.55. The molecule has 3 rings (SSSR count). The van der Waals surface area contributed by atoms with E-state index in [9.17, 15) is 0 Å². The molecule has 0 aliphatic rings. The van der Waals surface area contributed by atoms with Gasteiger partial charge in [0.25, 0.3) is 0 Å². The second-order valence-electron chi connectivity index (χ2n) is 6.83. The molecule has 0 bridgehead atoms. The number of aromatic nitrogens is 3. The van der Waals surface area contributed by atoms with E-state index in [1.165, 1.54) is 4.90 Å². The van der Waals surface area contributed by atoms with E-state index in [1.807, 2.05) is 36.0 Å². The van der Waals surface area contributed by atoms with Crippen molar-refractivity contribution in [2.45, 2.75) is 31.3 Å². The van der Waals surface area contributed by atoms with Crippen LogP contribution in [0.25, 0.3) is 0 Å². The lowest BCUT2D eigenvalue weighted by molar-refractivity contribution is 0.414. The zero-order valence-electron chi connectivity index (χ0n) is 18.1. The summed E-state index contributed by atoms with van der Waals surface area (Å²) in [5, 5.41) is 15.0. The van der Waals surface area contributed by atoms with Crippen molar-refractivity contribution in [1.82, 2.24) is 25.4 Å². The first-order valence-electron chi connectivity index (χ1n) is 10.5. The fourth-order valence-electron chi connectivity index (χ4n) is 3.00. The first kappa shape index (κ1) is 22.7. The number of guanidine groups is 1. The van der Waals surface area contributed by atoms with Gasteiger partial charge in [-0.15, -0.1) is 22.0 Å². The number of hydrogen-bond donors (Lipinski definition) is 2. The van der Waals surface area contributed by atoms with Crippen LogP contribution in [0.15, 0.2) is 70.8 Å². The Morgan fingerprint density at radius 3 is 2.74 bits per heavy atom. The number of thioether (sulfide) groups is 1. The molecule has 0 saturated carbocycles. The fraction of sp³-hybridized carbons (Fsp3) is 0.348. The number of nitrogens with one attached hydrogen (secondary N) is 2. The van der Waals surface area contributed by atoms with E-state index in [-0.39, 0.29) is 0 Å². The summed E-state index contributed by atoms with van der Waals surface area (Å²) < 4.78 is 7.38. The molecule has 3 aromatic rings. The van der Waals surface area contributed by atoms with E-state index in [0.29, 0.717) is 6.54 Å². The van der Waals surface area contributed by atoms with E-state index < -0.39 is 0 Å². The van der Waals surface area contributed by atoms with Crippen LogP contribution in [0.2, 0.25) is 0 Å². The standard InChI is InChI=1S/C23H30N6OS/c1-3-22-28-27-18-29(22)14-12-24-23(25-13-15-31-21-10-5-4-6-11-21)26-17-19-8-7-9-20(16-19)30-2/h4-11,16,18H,3,12-15,17H2,1-2H3,(H2,24,25,26). The van der Waals surface area contributed by atoms with Gasteiger partial charge in [0.05, 0.1) is 13.7 Å². The predicted molar refractivity (Wildman–Crippen MR) is 127 cm³/mol. The Hall–Kier alpha value is -3.00. The van der Waals surface area contributed by atoms with Gasteiger partial charge >= 0.3 is 0 Å². The molecule has 2 aromatic carbocycles. The van der Waals surface area contributed by atoms with Crippen LogP contribution in [0.5, 0.6) is 5.75 Å². The van der Waals surface area contributed by atoms with Crippen molar-refractivity contribution in [3.63, 3.8) is 0 Å². The molecule has 8 heteroatoms. The van der Waals surface area contributed by atoms with Crippen LogP contribution < -0.4 is 15.4 Å². The van der Waals surface area contributed by atoms with Gasteiger partial charge in [-0.25, -0.2) is 4.99 Å². The smallest absolute Gasteiger partial charge is 0.191 e. The van der Waals surface area contributed by atoms with Crippen molar-refractivity contribution in [2.75, 3.05) is 26.0 Å². The molecule has 0 fully saturated rings. The Labute approximate surface area is 188 Å². The first-order chi connectivity index (χ1) is 15.3. The largest absolute Gasteiger partial charge is 0.497 e. The van der Waals surface area contributed by atoms with Crippen LogP contribution in [0.4, 0.5) is 0 Å². The summed E-state index contributed by atoms with van der Waals surface area (Å²) in [5.74, 6) is 3.58. The fourth-order valence-corrected chi connectivity index (χ4v) is 3.79. The SMILES string of the molecule is CCc1nncn1CCNC(=NCc1cccc(OC)c1)NCCSc1ccccc1. The molecule has 0 radical (unpaired) electrons. The average Bonchev–Trinajstić information content (AvgIpc) is 3.28. The third-order valence-corrected chi connectivity index (χ3v) is 5.63. The number of aliphatic imine (C=N–C) groups is 1. The maximum Gasteiger partial charge on any atom is 0.191 e. The lowest BCUT2D eigenvalue weighted by Gasteiger charge is -2.13. The molecular formula is C23H30N6OS. The normalized spacial score (nSPS) is 11.4. The lowest BCUT2D eigenvalue weighted by atomic mass is 10.2. The Bertz CT molecular complexity index is 944. The minimum absolute atomic E-state index is 0.575. The number of nitrogens with zero attached hydrogens (tertiary/aromatic N) is 4. The number of benzene rings is 2. The van der Waals surface area contributed by atoms with Crippen molar-refractivity contribution in [2.24, 2.45) is 4.99 Å². The Morgan fingerprint density at radius 1 is 1.10 bits per heavy atom. The Morgan fingerprint density at radius 2 is 1.94 bits per heavy atom. The molecule has 0 aliphatic heterocycles. The quantitative estimate of drug-likeness (QED) is 0.207. The molecular weight excluding hydrogens is 408 g/mol. The van der Waals surface area contributed by atoms with Gasteiger partial charge in [0.15, 0.2) is 5.96 Å². The number of hydrogen-bond acceptors (Lipinski definition) is 5. The van der Waals surface area contributed by atoms with Gasteiger partial charge in [-0.05, 0) is 29.8 Å². The number of aryl methyl sites for hydroxylation is 1. The second kappa shape index (κ2) is 12.6. The molecule has 0 saturated heterocycles. The monoisotopic (exact) mass is 438 g/mol. The molecule has 0 amide bonds. The van der Waals surface area contributed by atoms with Crippen molar-refractivity contribution in [3.05, 3.63) is 72.3 Å². The summed E-state index contributed by atoms with van der Waals surface area (Å²) in [6, 6.07) is 18.4. The highest BCUT2D eigenvalue weighted by Gasteiger charge is 2.04. The maximum absolute atomic E-state index is 5.31. The first-order valence-corrected chi connectivity index (χ1v) is 11.5. The maximum atomic E-state index is 5.31. The van der Waals surface area contributed by atoms with E-state index in [2.05, 4.69) is 62.7 Å². The highest BCUT2D eigenvalue weighted by atomic mass is 32.2. The molecule has 1 aromatic heterocycles. The summed E-state index contributed by atoms with van der Waals surface area (Å²) in [6.07, 6.45) is 2.64. The van der Waals surface area contributed by atoms with Crippen LogP contribution in [-0.4, -0.2) is 46.7 Å². The summed E-state index contributed by atoms with van der Waals surface area (Å²) in [7, 11) is 1.68. The van der Waals surface area contributed by atoms with E-state index in [1.54, 1.807) is 13.4 Å². The van der Waals surface area contributed by atoms with Crippen LogP contribution in [0.1, 0.15) is 18.3 Å². The van der Waals surface area contributed by atoms with Gasteiger partial charge in [-0.1, -0.05) is 37.3 Å². The molecule has 2 N–H and O–H groups in total. The van der Waals surface area contributed by atoms with Gasteiger partial charge < -0.3 is 19.9 Å². The van der Waals surface area contributed by atoms with Gasteiger partial charge in [0.2, 0.25) is 0 Å². The van der Waals surface area contributed by atoms with Crippen molar-refractivity contribution in [3.8, 4) is 5.75 Å². The molecule has 0 unspecified atom stereocenters. The summed E-state index contributed by atoms with van der Waals surface area (Å²) in [4.78, 5) is 6.03. The molecule has 0 atom stereocenters. The summed E-state index contributed by atoms with van der Waals surface area (Å²) in [5.41, 5.74) is 1.10.